The van der Waals surface area contributed by atoms with Crippen molar-refractivity contribution >= 4 is 5.69 Å². The van der Waals surface area contributed by atoms with E-state index in [2.05, 4.69) is 20.3 Å². The normalized spacial score (nSPS) is 10.3. The molecule has 0 bridgehead atoms. The topological polar surface area (TPSA) is 53.6 Å². The summed E-state index contributed by atoms with van der Waals surface area (Å²) in [5.74, 6) is 0. The quantitative estimate of drug-likeness (QED) is 0.800. The Morgan fingerprint density at radius 2 is 2.20 bits per heavy atom. The maximum absolute atomic E-state index is 4.39. The number of H-pyrrole nitrogens is 1. The van der Waals surface area contributed by atoms with Crippen molar-refractivity contribution in [2.45, 2.75) is 20.4 Å². The molecular formula is C11H14N4. The minimum Gasteiger partial charge on any atom is -0.378 e. The predicted molar refractivity (Wildman–Crippen MR) is 59.6 cm³/mol. The second-order valence-electron chi connectivity index (χ2n) is 3.52. The zero-order chi connectivity index (χ0) is 10.7. The summed E-state index contributed by atoms with van der Waals surface area (Å²) in [5.41, 5.74) is 4.19. The molecule has 0 aliphatic heterocycles. The monoisotopic (exact) mass is 202 g/mol. The molecule has 0 aliphatic rings. The molecular weight excluding hydrogens is 188 g/mol. The summed E-state index contributed by atoms with van der Waals surface area (Å²) >= 11 is 0. The van der Waals surface area contributed by atoms with E-state index in [9.17, 15) is 0 Å². The first-order valence-electron chi connectivity index (χ1n) is 4.91. The van der Waals surface area contributed by atoms with E-state index in [0.29, 0.717) is 0 Å². The molecule has 2 N–H and O–H groups in total. The van der Waals surface area contributed by atoms with Crippen molar-refractivity contribution in [2.24, 2.45) is 0 Å². The van der Waals surface area contributed by atoms with E-state index in [1.807, 2.05) is 32.2 Å². The number of pyridine rings is 1. The van der Waals surface area contributed by atoms with Crippen LogP contribution in [-0.4, -0.2) is 15.0 Å². The molecule has 0 saturated heterocycles. The summed E-state index contributed by atoms with van der Waals surface area (Å²) in [7, 11) is 0. The molecule has 0 saturated carbocycles. The highest BCUT2D eigenvalue weighted by atomic mass is 14.9. The van der Waals surface area contributed by atoms with Gasteiger partial charge in [0.25, 0.3) is 0 Å². The van der Waals surface area contributed by atoms with Gasteiger partial charge in [0.15, 0.2) is 0 Å². The average molecular weight is 202 g/mol. The third-order valence-electron chi connectivity index (χ3n) is 2.25. The molecule has 2 aromatic heterocycles. The van der Waals surface area contributed by atoms with Crippen LogP contribution < -0.4 is 5.32 Å². The number of aromatic nitrogens is 3. The Morgan fingerprint density at radius 3 is 2.87 bits per heavy atom. The lowest BCUT2D eigenvalue weighted by atomic mass is 10.2. The van der Waals surface area contributed by atoms with Crippen LogP contribution in [0.15, 0.2) is 24.7 Å². The van der Waals surface area contributed by atoms with Gasteiger partial charge in [0, 0.05) is 11.9 Å². The summed E-state index contributed by atoms with van der Waals surface area (Å²) in [6.45, 7) is 4.74. The lowest BCUT2D eigenvalue weighted by Gasteiger charge is -2.07. The van der Waals surface area contributed by atoms with E-state index in [-0.39, 0.29) is 0 Å². The van der Waals surface area contributed by atoms with E-state index in [0.717, 1.165) is 29.3 Å². The van der Waals surface area contributed by atoms with Gasteiger partial charge in [-0.05, 0) is 26.0 Å². The van der Waals surface area contributed by atoms with Gasteiger partial charge in [-0.3, -0.25) is 4.98 Å². The van der Waals surface area contributed by atoms with Gasteiger partial charge in [0.05, 0.1) is 29.9 Å². The first-order valence-corrected chi connectivity index (χ1v) is 4.91. The van der Waals surface area contributed by atoms with E-state index in [4.69, 9.17) is 0 Å². The summed E-state index contributed by atoms with van der Waals surface area (Å²) < 4.78 is 0. The van der Waals surface area contributed by atoms with Crippen molar-refractivity contribution in [2.75, 3.05) is 5.32 Å². The molecule has 0 atom stereocenters. The molecule has 2 aromatic rings. The minimum absolute atomic E-state index is 0.742. The van der Waals surface area contributed by atoms with E-state index in [1.54, 1.807) is 6.33 Å². The highest BCUT2D eigenvalue weighted by Crippen LogP contribution is 2.13. The number of rotatable bonds is 3. The van der Waals surface area contributed by atoms with Gasteiger partial charge >= 0.3 is 0 Å². The summed E-state index contributed by atoms with van der Waals surface area (Å²) in [5, 5.41) is 3.31. The lowest BCUT2D eigenvalue weighted by molar-refractivity contribution is 1.04. The molecule has 78 valence electrons. The van der Waals surface area contributed by atoms with E-state index < -0.39 is 0 Å². The van der Waals surface area contributed by atoms with Crippen molar-refractivity contribution < 1.29 is 0 Å². The number of imidazole rings is 1. The predicted octanol–water partition coefficient (Wildman–Crippen LogP) is 2.03. The smallest absolute Gasteiger partial charge is 0.0922 e. The van der Waals surface area contributed by atoms with Gasteiger partial charge in [-0.2, -0.15) is 0 Å². The Labute approximate surface area is 88.8 Å². The zero-order valence-electron chi connectivity index (χ0n) is 8.91. The van der Waals surface area contributed by atoms with Crippen LogP contribution >= 0.6 is 0 Å². The molecule has 15 heavy (non-hydrogen) atoms. The second-order valence-corrected chi connectivity index (χ2v) is 3.52. The van der Waals surface area contributed by atoms with E-state index in [1.165, 1.54) is 0 Å². The number of anilines is 1. The summed E-state index contributed by atoms with van der Waals surface area (Å²) in [4.78, 5) is 11.4. The highest BCUT2D eigenvalue weighted by molar-refractivity contribution is 5.47. The third kappa shape index (κ3) is 2.34. The van der Waals surface area contributed by atoms with Gasteiger partial charge in [-0.15, -0.1) is 0 Å². The number of hydrogen-bond donors (Lipinski definition) is 2. The van der Waals surface area contributed by atoms with Crippen LogP contribution in [0.5, 0.6) is 0 Å². The SMILES string of the molecule is Cc1ccc(NCc2cnc[nH]2)c(C)n1. The maximum Gasteiger partial charge on any atom is 0.0922 e. The molecule has 0 spiro atoms. The molecule has 0 aromatic carbocycles. The zero-order valence-corrected chi connectivity index (χ0v) is 8.91. The molecule has 0 amide bonds. The van der Waals surface area contributed by atoms with Crippen molar-refractivity contribution in [1.82, 2.24) is 15.0 Å². The molecule has 0 fully saturated rings. The lowest BCUT2D eigenvalue weighted by Crippen LogP contribution is -2.02. The van der Waals surface area contributed by atoms with Gasteiger partial charge in [0.1, 0.15) is 0 Å². The standard InChI is InChI=1S/C11H14N4/c1-8-3-4-11(9(2)15-8)13-6-10-5-12-7-14-10/h3-5,7,13H,6H2,1-2H3,(H,12,14). The molecule has 0 unspecified atom stereocenters. The number of aryl methyl sites for hydroxylation is 2. The molecule has 0 radical (unpaired) electrons. The molecule has 2 heterocycles. The van der Waals surface area contributed by atoms with Crippen LogP contribution in [0.4, 0.5) is 5.69 Å². The Morgan fingerprint density at radius 1 is 1.33 bits per heavy atom. The van der Waals surface area contributed by atoms with Crippen LogP contribution in [0.1, 0.15) is 17.1 Å². The Kier molecular flexibility index (Phi) is 2.67. The number of nitrogens with one attached hydrogen (secondary N) is 2. The van der Waals surface area contributed by atoms with Crippen molar-refractivity contribution in [3.63, 3.8) is 0 Å². The van der Waals surface area contributed by atoms with Crippen molar-refractivity contribution in [3.8, 4) is 0 Å². The van der Waals surface area contributed by atoms with E-state index >= 15 is 0 Å². The van der Waals surface area contributed by atoms with Gasteiger partial charge < -0.3 is 10.3 Å². The average Bonchev–Trinajstić information content (AvgIpc) is 2.69. The van der Waals surface area contributed by atoms with Crippen molar-refractivity contribution in [1.29, 1.82) is 0 Å². The van der Waals surface area contributed by atoms with Crippen LogP contribution in [-0.2, 0) is 6.54 Å². The summed E-state index contributed by atoms with van der Waals surface area (Å²) in [6, 6.07) is 4.05. The molecule has 0 aliphatic carbocycles. The fourth-order valence-corrected chi connectivity index (χ4v) is 1.45. The summed E-state index contributed by atoms with van der Waals surface area (Å²) in [6.07, 6.45) is 3.49. The largest absolute Gasteiger partial charge is 0.378 e. The molecule has 2 rings (SSSR count). The van der Waals surface area contributed by atoms with Gasteiger partial charge in [0.2, 0.25) is 0 Å². The Balaban J connectivity index is 2.05. The maximum atomic E-state index is 4.39. The van der Waals surface area contributed by atoms with Crippen molar-refractivity contribution in [3.05, 3.63) is 41.7 Å². The van der Waals surface area contributed by atoms with Gasteiger partial charge in [-0.25, -0.2) is 4.98 Å². The second kappa shape index (κ2) is 4.13. The highest BCUT2D eigenvalue weighted by Gasteiger charge is 1.99. The number of aromatic amines is 1. The minimum atomic E-state index is 0.742. The van der Waals surface area contributed by atoms with Crippen LogP contribution in [0.3, 0.4) is 0 Å². The first kappa shape index (κ1) is 9.71. The Bertz CT molecular complexity index is 434. The van der Waals surface area contributed by atoms with Gasteiger partial charge in [-0.1, -0.05) is 0 Å². The van der Waals surface area contributed by atoms with Crippen LogP contribution in [0, 0.1) is 13.8 Å². The first-order chi connectivity index (χ1) is 7.25. The molecule has 4 nitrogen and oxygen atoms in total. The number of hydrogen-bond acceptors (Lipinski definition) is 3. The fourth-order valence-electron chi connectivity index (χ4n) is 1.45. The van der Waals surface area contributed by atoms with Crippen LogP contribution in [0.25, 0.3) is 0 Å². The molecule has 4 heteroatoms. The Hall–Kier alpha value is -1.84. The third-order valence-corrected chi connectivity index (χ3v) is 2.25. The van der Waals surface area contributed by atoms with Crippen LogP contribution in [0.2, 0.25) is 0 Å². The number of nitrogens with zero attached hydrogens (tertiary/aromatic N) is 2. The fraction of sp³-hybridized carbons (Fsp3) is 0.273.